The van der Waals surface area contributed by atoms with Gasteiger partial charge < -0.3 is 10.6 Å². The molecule has 1 rings (SSSR count). The minimum Gasteiger partial charge on any atom is -0.354 e. The van der Waals surface area contributed by atoms with Crippen molar-refractivity contribution in [2.24, 2.45) is 0 Å². The summed E-state index contributed by atoms with van der Waals surface area (Å²) in [6, 6.07) is 4.04. The van der Waals surface area contributed by atoms with Crippen LogP contribution in [0.1, 0.15) is 30.6 Å². The van der Waals surface area contributed by atoms with Crippen LogP contribution in [0.4, 0.5) is 0 Å². The summed E-state index contributed by atoms with van der Waals surface area (Å²) < 4.78 is 25.4. The highest BCUT2D eigenvalue weighted by Gasteiger charge is 2.22. The Morgan fingerprint density at radius 2 is 1.88 bits per heavy atom. The predicted octanol–water partition coefficient (Wildman–Crippen LogP) is 1.23. The zero-order valence-corrected chi connectivity index (χ0v) is 15.7. The van der Waals surface area contributed by atoms with Crippen LogP contribution in [-0.2, 0) is 14.8 Å². The van der Waals surface area contributed by atoms with Gasteiger partial charge in [-0.1, -0.05) is 11.6 Å². The van der Waals surface area contributed by atoms with Crippen LogP contribution in [0.3, 0.4) is 0 Å². The molecule has 0 radical (unpaired) electrons. The molecule has 1 aromatic rings. The van der Waals surface area contributed by atoms with Crippen molar-refractivity contribution in [2.75, 3.05) is 20.6 Å². The van der Waals surface area contributed by atoms with Gasteiger partial charge in [0.25, 0.3) is 5.91 Å². The van der Waals surface area contributed by atoms with Gasteiger partial charge in [0.05, 0.1) is 5.02 Å². The second kappa shape index (κ2) is 8.46. The summed E-state index contributed by atoms with van der Waals surface area (Å²) in [5.74, 6) is -0.642. The van der Waals surface area contributed by atoms with Crippen LogP contribution in [-0.4, -0.2) is 51.2 Å². The van der Waals surface area contributed by atoms with Crippen molar-refractivity contribution in [1.82, 2.24) is 14.9 Å². The first-order valence-corrected chi connectivity index (χ1v) is 9.17. The number of sulfonamides is 1. The van der Waals surface area contributed by atoms with Gasteiger partial charge in [-0.2, -0.15) is 0 Å². The van der Waals surface area contributed by atoms with Gasteiger partial charge in [-0.25, -0.2) is 12.7 Å². The molecule has 0 aliphatic carbocycles. The summed E-state index contributed by atoms with van der Waals surface area (Å²) >= 11 is 5.93. The molecule has 9 heteroatoms. The highest BCUT2D eigenvalue weighted by atomic mass is 35.5. The Kier molecular flexibility index (Phi) is 7.19. The third-order valence-corrected chi connectivity index (χ3v) is 5.34. The van der Waals surface area contributed by atoms with Crippen LogP contribution in [0.25, 0.3) is 0 Å². The van der Waals surface area contributed by atoms with Gasteiger partial charge in [0, 0.05) is 38.7 Å². The van der Waals surface area contributed by atoms with Crippen molar-refractivity contribution in [3.05, 3.63) is 28.8 Å². The molecule has 0 aliphatic heterocycles. The fourth-order valence-corrected chi connectivity index (χ4v) is 3.22. The Labute approximate surface area is 147 Å². The fourth-order valence-electron chi connectivity index (χ4n) is 1.82. The molecule has 2 N–H and O–H groups in total. The first kappa shape index (κ1) is 20.4. The van der Waals surface area contributed by atoms with Crippen LogP contribution in [0.5, 0.6) is 0 Å². The van der Waals surface area contributed by atoms with Gasteiger partial charge in [0.1, 0.15) is 4.90 Å². The van der Waals surface area contributed by atoms with Crippen molar-refractivity contribution in [2.45, 2.75) is 31.2 Å². The number of hydrogen-bond acceptors (Lipinski definition) is 4. The lowest BCUT2D eigenvalue weighted by Crippen LogP contribution is -2.34. The minimum absolute atomic E-state index is 0.0308. The first-order valence-electron chi connectivity index (χ1n) is 7.35. The number of carbonyl (C=O) groups is 2. The highest BCUT2D eigenvalue weighted by molar-refractivity contribution is 7.89. The molecule has 0 bridgehead atoms. The monoisotopic (exact) mass is 375 g/mol. The quantitative estimate of drug-likeness (QED) is 0.749. The summed E-state index contributed by atoms with van der Waals surface area (Å²) in [5.41, 5.74) is 0.157. The molecule has 1 aromatic carbocycles. The fraction of sp³-hybridized carbons (Fsp3) is 0.467. The molecule has 0 saturated heterocycles. The summed E-state index contributed by atoms with van der Waals surface area (Å²) in [7, 11) is -0.992. The van der Waals surface area contributed by atoms with Gasteiger partial charge >= 0.3 is 0 Å². The maximum atomic E-state index is 12.2. The molecule has 0 fully saturated rings. The average Bonchev–Trinajstić information content (AvgIpc) is 2.46. The van der Waals surface area contributed by atoms with Gasteiger partial charge in [-0.15, -0.1) is 0 Å². The third-order valence-electron chi connectivity index (χ3n) is 3.04. The summed E-state index contributed by atoms with van der Waals surface area (Å²) in [6.07, 6.45) is 0.139. The second-order valence-corrected chi connectivity index (χ2v) is 8.19. The van der Waals surface area contributed by atoms with Crippen LogP contribution in [0.2, 0.25) is 5.02 Å². The maximum absolute atomic E-state index is 12.2. The molecular formula is C15H22ClN3O4S. The van der Waals surface area contributed by atoms with E-state index in [9.17, 15) is 18.0 Å². The van der Waals surface area contributed by atoms with Gasteiger partial charge in [-0.3, -0.25) is 9.59 Å². The van der Waals surface area contributed by atoms with Crippen molar-refractivity contribution in [3.63, 3.8) is 0 Å². The SMILES string of the molecule is CC(C)NC(=O)CCNC(=O)c1ccc(Cl)c(S(=O)(=O)N(C)C)c1. The zero-order valence-electron chi connectivity index (χ0n) is 14.1. The van der Waals surface area contributed by atoms with Crippen LogP contribution < -0.4 is 10.6 Å². The van der Waals surface area contributed by atoms with E-state index in [0.29, 0.717) is 0 Å². The van der Waals surface area contributed by atoms with Crippen LogP contribution >= 0.6 is 11.6 Å². The zero-order chi connectivity index (χ0) is 18.5. The summed E-state index contributed by atoms with van der Waals surface area (Å²) in [4.78, 5) is 23.5. The molecule has 0 spiro atoms. The molecule has 0 unspecified atom stereocenters. The Bertz CT molecular complexity index is 717. The Morgan fingerprint density at radius 3 is 2.42 bits per heavy atom. The number of hydrogen-bond donors (Lipinski definition) is 2. The number of carbonyl (C=O) groups excluding carboxylic acids is 2. The summed E-state index contributed by atoms with van der Waals surface area (Å²) in [6.45, 7) is 3.84. The number of rotatable bonds is 7. The molecule has 0 atom stereocenters. The number of amides is 2. The Morgan fingerprint density at radius 1 is 1.25 bits per heavy atom. The molecule has 0 aromatic heterocycles. The molecule has 24 heavy (non-hydrogen) atoms. The molecule has 134 valence electrons. The molecular weight excluding hydrogens is 354 g/mol. The van der Waals surface area contributed by atoms with E-state index in [-0.39, 0.29) is 40.4 Å². The molecule has 0 saturated carbocycles. The van der Waals surface area contributed by atoms with Crippen molar-refractivity contribution >= 4 is 33.4 Å². The first-order chi connectivity index (χ1) is 11.1. The topological polar surface area (TPSA) is 95.6 Å². The maximum Gasteiger partial charge on any atom is 0.251 e. The van der Waals surface area contributed by atoms with Gasteiger partial charge in [-0.05, 0) is 32.0 Å². The number of benzene rings is 1. The van der Waals surface area contributed by atoms with E-state index in [1.165, 1.54) is 32.3 Å². The Hall–Kier alpha value is -1.64. The smallest absolute Gasteiger partial charge is 0.251 e. The standard InChI is InChI=1S/C15H22ClN3O4S/c1-10(2)18-14(20)7-8-17-15(21)11-5-6-12(16)13(9-11)24(22,23)19(3)4/h5-6,9-10H,7-8H2,1-4H3,(H,17,21)(H,18,20). The van der Waals surface area contributed by atoms with E-state index in [2.05, 4.69) is 10.6 Å². The second-order valence-electron chi connectivity index (χ2n) is 5.66. The lowest BCUT2D eigenvalue weighted by Gasteiger charge is -2.14. The van der Waals surface area contributed by atoms with E-state index in [4.69, 9.17) is 11.6 Å². The van der Waals surface area contributed by atoms with Crippen molar-refractivity contribution < 1.29 is 18.0 Å². The summed E-state index contributed by atoms with van der Waals surface area (Å²) in [5, 5.41) is 5.33. The molecule has 0 aliphatic rings. The predicted molar refractivity (Wildman–Crippen MR) is 92.6 cm³/mol. The Balaban J connectivity index is 2.81. The minimum atomic E-state index is -3.75. The number of halogens is 1. The van der Waals surface area contributed by atoms with E-state index in [1.54, 1.807) is 0 Å². The van der Waals surface area contributed by atoms with Crippen molar-refractivity contribution in [3.8, 4) is 0 Å². The largest absolute Gasteiger partial charge is 0.354 e. The average molecular weight is 376 g/mol. The van der Waals surface area contributed by atoms with E-state index in [0.717, 1.165) is 4.31 Å². The number of nitrogens with zero attached hydrogens (tertiary/aromatic N) is 1. The lowest BCUT2D eigenvalue weighted by molar-refractivity contribution is -0.121. The van der Waals surface area contributed by atoms with Crippen LogP contribution in [0.15, 0.2) is 23.1 Å². The third kappa shape index (κ3) is 5.47. The normalized spacial score (nSPS) is 11.6. The highest BCUT2D eigenvalue weighted by Crippen LogP contribution is 2.24. The van der Waals surface area contributed by atoms with E-state index in [1.807, 2.05) is 13.8 Å². The number of nitrogens with one attached hydrogen (secondary N) is 2. The molecule has 7 nitrogen and oxygen atoms in total. The van der Waals surface area contributed by atoms with E-state index < -0.39 is 15.9 Å². The molecule has 2 amide bonds. The van der Waals surface area contributed by atoms with E-state index >= 15 is 0 Å². The van der Waals surface area contributed by atoms with Crippen LogP contribution in [0, 0.1) is 0 Å². The van der Waals surface area contributed by atoms with Crippen molar-refractivity contribution in [1.29, 1.82) is 0 Å². The molecule has 0 heterocycles. The van der Waals surface area contributed by atoms with Gasteiger partial charge in [0.2, 0.25) is 15.9 Å². The lowest BCUT2D eigenvalue weighted by atomic mass is 10.2. The van der Waals surface area contributed by atoms with Gasteiger partial charge in [0.15, 0.2) is 0 Å².